The van der Waals surface area contributed by atoms with Gasteiger partial charge in [0.05, 0.1) is 34.4 Å². The standard InChI is InChI=1S/C51H104NO7P/c1-6-8-10-12-14-16-18-20-21-22-23-24-25-26-27-28-29-30-31-32-34-36-38-40-42-44-51(53)59-50(49-58-60(54,55)57-47-45-52(3,4)5)48-56-46-43-41-39-37-35-33-19-17-15-13-11-9-7-2/h50H,6-49H2,1-5H3. The Balaban J connectivity index is 3.99. The predicted octanol–water partition coefficient (Wildman–Crippen LogP) is 15.4. The first-order valence-electron chi connectivity index (χ1n) is 26.3. The highest BCUT2D eigenvalue weighted by atomic mass is 31.2. The van der Waals surface area contributed by atoms with Crippen molar-refractivity contribution in [3.8, 4) is 0 Å². The van der Waals surface area contributed by atoms with Crippen LogP contribution in [0.2, 0.25) is 0 Å². The van der Waals surface area contributed by atoms with E-state index < -0.39 is 13.9 Å². The molecule has 0 rings (SSSR count). The highest BCUT2D eigenvalue weighted by molar-refractivity contribution is 7.45. The molecule has 0 heterocycles. The largest absolute Gasteiger partial charge is 0.756 e. The van der Waals surface area contributed by atoms with E-state index in [-0.39, 0.29) is 25.8 Å². The fourth-order valence-corrected chi connectivity index (χ4v) is 8.57. The van der Waals surface area contributed by atoms with Crippen LogP contribution in [0.1, 0.15) is 264 Å². The van der Waals surface area contributed by atoms with E-state index >= 15 is 0 Å². The summed E-state index contributed by atoms with van der Waals surface area (Å²) in [6.07, 6.45) is 49.9. The van der Waals surface area contributed by atoms with Gasteiger partial charge < -0.3 is 27.9 Å². The number of unbranched alkanes of at least 4 members (excludes halogenated alkanes) is 36. The van der Waals surface area contributed by atoms with E-state index in [0.717, 1.165) is 32.1 Å². The van der Waals surface area contributed by atoms with Gasteiger partial charge in [-0.2, -0.15) is 0 Å². The van der Waals surface area contributed by atoms with Gasteiger partial charge in [-0.1, -0.05) is 245 Å². The Labute approximate surface area is 374 Å². The van der Waals surface area contributed by atoms with Crippen LogP contribution in [0, 0.1) is 0 Å². The smallest absolute Gasteiger partial charge is 0.306 e. The minimum atomic E-state index is -4.52. The number of quaternary nitrogens is 1. The number of likely N-dealkylation sites (N-methyl/N-ethyl adjacent to an activating group) is 1. The van der Waals surface area contributed by atoms with Crippen LogP contribution in [0.3, 0.4) is 0 Å². The number of phosphoric acid groups is 1. The molecule has 9 heteroatoms. The number of carbonyl (C=O) groups excluding carboxylic acids is 1. The molecule has 0 aromatic heterocycles. The van der Waals surface area contributed by atoms with Crippen LogP contribution >= 0.6 is 7.82 Å². The highest BCUT2D eigenvalue weighted by Gasteiger charge is 2.20. The maximum absolute atomic E-state index is 12.7. The molecule has 0 spiro atoms. The summed E-state index contributed by atoms with van der Waals surface area (Å²) in [4.78, 5) is 25.1. The van der Waals surface area contributed by atoms with Gasteiger partial charge in [-0.3, -0.25) is 9.36 Å². The maximum atomic E-state index is 12.7. The molecule has 0 bridgehead atoms. The van der Waals surface area contributed by atoms with E-state index in [4.69, 9.17) is 18.5 Å². The van der Waals surface area contributed by atoms with Crippen molar-refractivity contribution >= 4 is 13.8 Å². The molecule has 0 aliphatic rings. The molecule has 0 N–H and O–H groups in total. The zero-order valence-electron chi connectivity index (χ0n) is 40.9. The van der Waals surface area contributed by atoms with Crippen molar-refractivity contribution in [2.45, 2.75) is 270 Å². The normalized spacial score (nSPS) is 13.5. The van der Waals surface area contributed by atoms with E-state index in [1.165, 1.54) is 212 Å². The van der Waals surface area contributed by atoms with Crippen LogP contribution in [-0.2, 0) is 27.9 Å². The zero-order valence-corrected chi connectivity index (χ0v) is 41.8. The summed E-state index contributed by atoms with van der Waals surface area (Å²) in [5, 5.41) is 0. The van der Waals surface area contributed by atoms with Gasteiger partial charge in [-0.25, -0.2) is 0 Å². The van der Waals surface area contributed by atoms with Gasteiger partial charge in [0.2, 0.25) is 0 Å². The molecule has 0 aromatic carbocycles. The Morgan fingerprint density at radius 2 is 0.767 bits per heavy atom. The molecule has 0 saturated heterocycles. The molecule has 8 nitrogen and oxygen atoms in total. The van der Waals surface area contributed by atoms with Gasteiger partial charge in [-0.05, 0) is 12.8 Å². The van der Waals surface area contributed by atoms with Crippen LogP contribution < -0.4 is 4.89 Å². The van der Waals surface area contributed by atoms with Crippen LogP contribution in [0.15, 0.2) is 0 Å². The first-order valence-corrected chi connectivity index (χ1v) is 27.7. The third-order valence-electron chi connectivity index (χ3n) is 11.9. The van der Waals surface area contributed by atoms with Crippen molar-refractivity contribution in [2.24, 2.45) is 0 Å². The molecule has 0 aliphatic heterocycles. The Kier molecular flexibility index (Phi) is 44.7. The van der Waals surface area contributed by atoms with Gasteiger partial charge in [0.15, 0.2) is 0 Å². The number of ether oxygens (including phenoxy) is 2. The van der Waals surface area contributed by atoms with Crippen molar-refractivity contribution in [3.63, 3.8) is 0 Å². The van der Waals surface area contributed by atoms with Crippen LogP contribution in [0.5, 0.6) is 0 Å². The molecule has 2 atom stereocenters. The Bertz CT molecular complexity index is 930. The summed E-state index contributed by atoms with van der Waals surface area (Å²) in [5.41, 5.74) is 0. The van der Waals surface area contributed by atoms with Gasteiger partial charge >= 0.3 is 5.97 Å². The number of hydrogen-bond acceptors (Lipinski definition) is 7. The van der Waals surface area contributed by atoms with Crippen LogP contribution in [-0.4, -0.2) is 70.7 Å². The maximum Gasteiger partial charge on any atom is 0.306 e. The minimum absolute atomic E-state index is 0.0316. The summed E-state index contributed by atoms with van der Waals surface area (Å²) in [5.74, 6) is -0.325. The van der Waals surface area contributed by atoms with Crippen molar-refractivity contribution in [3.05, 3.63) is 0 Å². The average molecular weight is 874 g/mol. The molecule has 0 fully saturated rings. The van der Waals surface area contributed by atoms with E-state index in [2.05, 4.69) is 13.8 Å². The second-order valence-corrected chi connectivity index (χ2v) is 20.7. The Morgan fingerprint density at radius 3 is 1.10 bits per heavy atom. The lowest BCUT2D eigenvalue weighted by atomic mass is 10.0. The average Bonchev–Trinajstić information content (AvgIpc) is 3.20. The third-order valence-corrected chi connectivity index (χ3v) is 12.9. The summed E-state index contributed by atoms with van der Waals surface area (Å²) >= 11 is 0. The highest BCUT2D eigenvalue weighted by Crippen LogP contribution is 2.38. The lowest BCUT2D eigenvalue weighted by Crippen LogP contribution is -2.37. The van der Waals surface area contributed by atoms with Gasteiger partial charge in [0, 0.05) is 13.0 Å². The second kappa shape index (κ2) is 45.1. The van der Waals surface area contributed by atoms with Crippen molar-refractivity contribution in [2.75, 3.05) is 54.1 Å². The van der Waals surface area contributed by atoms with Gasteiger partial charge in [0.25, 0.3) is 7.82 Å². The van der Waals surface area contributed by atoms with Crippen molar-refractivity contribution < 1.29 is 37.3 Å². The van der Waals surface area contributed by atoms with Gasteiger partial charge in [-0.15, -0.1) is 0 Å². The SMILES string of the molecule is CCCCCCCCCCCCCCCCCCCCCCCCCCCC(=O)OC(COCCCCCCCCCCCCCCC)COP(=O)([O-])OCC[N+](C)(C)C. The number of nitrogens with zero attached hydrogens (tertiary/aromatic N) is 1. The fourth-order valence-electron chi connectivity index (χ4n) is 7.84. The van der Waals surface area contributed by atoms with Gasteiger partial charge in [0.1, 0.15) is 19.3 Å². The van der Waals surface area contributed by atoms with Crippen LogP contribution in [0.25, 0.3) is 0 Å². The molecule has 360 valence electrons. The minimum Gasteiger partial charge on any atom is -0.756 e. The molecule has 0 radical (unpaired) electrons. The molecule has 2 unspecified atom stereocenters. The Morgan fingerprint density at radius 1 is 0.450 bits per heavy atom. The second-order valence-electron chi connectivity index (χ2n) is 19.3. The monoisotopic (exact) mass is 874 g/mol. The molecule has 0 amide bonds. The van der Waals surface area contributed by atoms with E-state index in [1.54, 1.807) is 0 Å². The summed E-state index contributed by atoms with van der Waals surface area (Å²) < 4.78 is 34.7. The summed E-state index contributed by atoms with van der Waals surface area (Å²) in [6.45, 7) is 5.49. The number of carbonyl (C=O) groups is 1. The van der Waals surface area contributed by atoms with E-state index in [9.17, 15) is 14.3 Å². The number of hydrogen-bond donors (Lipinski definition) is 0. The lowest BCUT2D eigenvalue weighted by molar-refractivity contribution is -0.870. The molecular formula is C51H104NO7P. The molecule has 0 aromatic rings. The molecule has 0 aliphatic carbocycles. The Hall–Kier alpha value is -0.500. The van der Waals surface area contributed by atoms with E-state index in [0.29, 0.717) is 24.1 Å². The van der Waals surface area contributed by atoms with Crippen molar-refractivity contribution in [1.29, 1.82) is 0 Å². The topological polar surface area (TPSA) is 94.1 Å². The zero-order chi connectivity index (χ0) is 44.1. The first kappa shape index (κ1) is 59.5. The van der Waals surface area contributed by atoms with E-state index in [1.807, 2.05) is 21.1 Å². The quantitative estimate of drug-likeness (QED) is 0.0260. The van der Waals surface area contributed by atoms with Crippen molar-refractivity contribution in [1.82, 2.24) is 0 Å². The number of esters is 1. The molecule has 60 heavy (non-hydrogen) atoms. The fraction of sp³-hybridized carbons (Fsp3) is 0.980. The van der Waals surface area contributed by atoms with Crippen LogP contribution in [0.4, 0.5) is 0 Å². The summed E-state index contributed by atoms with van der Waals surface area (Å²) in [7, 11) is 1.38. The number of phosphoric ester groups is 1. The molecule has 0 saturated carbocycles. The third kappa shape index (κ3) is 48.5. The molecular weight excluding hydrogens is 770 g/mol. The first-order chi connectivity index (χ1) is 29.1. The number of rotatable bonds is 50. The summed E-state index contributed by atoms with van der Waals surface area (Å²) in [6, 6.07) is 0. The predicted molar refractivity (Wildman–Crippen MR) is 255 cm³/mol. The lowest BCUT2D eigenvalue weighted by Gasteiger charge is -2.28.